The Hall–Kier alpha value is -2.77. The molecule has 0 aromatic rings. The number of nitrogens with zero attached hydrogens (tertiary/aromatic N) is 1. The molecule has 0 aliphatic carbocycles. The van der Waals surface area contributed by atoms with Gasteiger partial charge in [-0.2, -0.15) is 0 Å². The highest BCUT2D eigenvalue weighted by Crippen LogP contribution is 2.39. The fourth-order valence-electron chi connectivity index (χ4n) is 6.58. The molecular weight excluding hydrogens is 622 g/mol. The van der Waals surface area contributed by atoms with Gasteiger partial charge in [0.1, 0.15) is 30.0 Å². The first-order chi connectivity index (χ1) is 22.6. The van der Waals surface area contributed by atoms with Gasteiger partial charge in [-0.1, -0.05) is 52.0 Å². The number of esters is 2. The molecule has 3 rings (SSSR count). The molecular formula is C36H57NO11. The molecule has 0 aromatic carbocycles. The van der Waals surface area contributed by atoms with Crippen molar-refractivity contribution in [2.75, 3.05) is 20.2 Å². The number of hydrogen-bond donors (Lipinski definition) is 3. The fourth-order valence-corrected chi connectivity index (χ4v) is 6.58. The Morgan fingerprint density at radius 3 is 2.46 bits per heavy atom. The summed E-state index contributed by atoms with van der Waals surface area (Å²) in [6.45, 7) is 13.2. The van der Waals surface area contributed by atoms with Gasteiger partial charge in [0.2, 0.25) is 0 Å². The monoisotopic (exact) mass is 679 g/mol. The number of amides is 1. The number of methoxy groups -OCH3 is 1. The predicted octanol–water partition coefficient (Wildman–Crippen LogP) is 3.86. The van der Waals surface area contributed by atoms with Gasteiger partial charge in [0, 0.05) is 44.9 Å². The fraction of sp³-hybridized carbons (Fsp3) is 0.750. The average molecular weight is 680 g/mol. The van der Waals surface area contributed by atoms with E-state index in [1.807, 2.05) is 39.0 Å². The molecule has 3 aliphatic rings. The number of likely N-dealkylation sites (tertiary alicyclic amines) is 1. The number of hydrogen-bond acceptors (Lipinski definition) is 11. The molecule has 12 nitrogen and oxygen atoms in total. The van der Waals surface area contributed by atoms with Crippen LogP contribution in [0.1, 0.15) is 80.6 Å². The largest absolute Gasteiger partial charge is 0.457 e. The Labute approximate surface area is 285 Å². The Bertz CT molecular complexity index is 1180. The van der Waals surface area contributed by atoms with Crippen LogP contribution in [0.25, 0.3) is 0 Å². The van der Waals surface area contributed by atoms with Crippen LogP contribution in [0.4, 0.5) is 4.79 Å². The second-order valence-electron chi connectivity index (χ2n) is 13.9. The lowest BCUT2D eigenvalue weighted by Crippen LogP contribution is -2.42. The number of cyclic esters (lactones) is 1. The third kappa shape index (κ3) is 11.1. The summed E-state index contributed by atoms with van der Waals surface area (Å²) in [4.78, 5) is 39.2. The zero-order chi connectivity index (χ0) is 35.8. The smallest absolute Gasteiger partial charge is 0.410 e. The first kappa shape index (κ1) is 39.7. The van der Waals surface area contributed by atoms with E-state index < -0.39 is 54.2 Å². The highest BCUT2D eigenvalue weighted by molar-refractivity contribution is 5.70. The number of carbonyl (C=O) groups excluding carboxylic acids is 3. The minimum atomic E-state index is -1.46. The van der Waals surface area contributed by atoms with E-state index >= 15 is 0 Å². The third-order valence-electron chi connectivity index (χ3n) is 9.71. The number of carbonyl (C=O) groups is 3. The van der Waals surface area contributed by atoms with Gasteiger partial charge in [-0.15, -0.1) is 0 Å². The minimum absolute atomic E-state index is 0.00254. The first-order valence-electron chi connectivity index (χ1n) is 17.2. The van der Waals surface area contributed by atoms with E-state index in [1.54, 1.807) is 19.3 Å². The van der Waals surface area contributed by atoms with E-state index in [0.717, 1.165) is 6.42 Å². The number of aliphatic hydroxyl groups excluding tert-OH is 2. The van der Waals surface area contributed by atoms with Gasteiger partial charge in [-0.05, 0) is 51.2 Å². The molecule has 1 amide bonds. The second-order valence-corrected chi connectivity index (χ2v) is 13.9. The van der Waals surface area contributed by atoms with Crippen molar-refractivity contribution in [1.82, 2.24) is 4.90 Å². The molecule has 3 aliphatic heterocycles. The lowest BCUT2D eigenvalue weighted by Gasteiger charge is -2.32. The van der Waals surface area contributed by atoms with Crippen LogP contribution >= 0.6 is 0 Å². The zero-order valence-electron chi connectivity index (χ0n) is 29.7. The Morgan fingerprint density at radius 2 is 1.85 bits per heavy atom. The molecule has 0 bridgehead atoms. The number of rotatable bonds is 11. The van der Waals surface area contributed by atoms with E-state index in [-0.39, 0.29) is 61.9 Å². The average Bonchev–Trinajstić information content (AvgIpc) is 3.69. The van der Waals surface area contributed by atoms with Crippen LogP contribution in [0.5, 0.6) is 0 Å². The summed E-state index contributed by atoms with van der Waals surface area (Å²) in [5.74, 6) is -1.66. The summed E-state index contributed by atoms with van der Waals surface area (Å²) in [5.41, 5.74) is -0.742. The van der Waals surface area contributed by atoms with Gasteiger partial charge >= 0.3 is 18.0 Å². The maximum atomic E-state index is 13.1. The van der Waals surface area contributed by atoms with Crippen molar-refractivity contribution in [3.8, 4) is 0 Å². The van der Waals surface area contributed by atoms with Gasteiger partial charge in [0.25, 0.3) is 0 Å². The third-order valence-corrected chi connectivity index (χ3v) is 9.71. The lowest BCUT2D eigenvalue weighted by molar-refractivity contribution is -0.157. The van der Waals surface area contributed by atoms with Crippen LogP contribution in [0, 0.1) is 17.8 Å². The molecule has 2 saturated heterocycles. The number of epoxide rings is 1. The van der Waals surface area contributed by atoms with Crippen LogP contribution < -0.4 is 0 Å². The summed E-state index contributed by atoms with van der Waals surface area (Å²) in [6.07, 6.45) is 5.41. The van der Waals surface area contributed by atoms with Gasteiger partial charge in [-0.25, -0.2) is 4.79 Å². The highest BCUT2D eigenvalue weighted by atomic mass is 16.6. The number of β-amino-alcohol motifs (C(OH)–C–C–N with tert-alkyl or cyclic N) is 1. The van der Waals surface area contributed by atoms with Crippen molar-refractivity contribution >= 4 is 18.0 Å². The highest BCUT2D eigenvalue weighted by Gasteiger charge is 2.53. The lowest BCUT2D eigenvalue weighted by atomic mass is 9.88. The maximum absolute atomic E-state index is 13.1. The summed E-state index contributed by atoms with van der Waals surface area (Å²) < 4.78 is 29.0. The molecule has 0 spiro atoms. The molecule has 3 heterocycles. The van der Waals surface area contributed by atoms with E-state index in [9.17, 15) is 29.7 Å². The van der Waals surface area contributed by atoms with Crippen LogP contribution in [0.3, 0.4) is 0 Å². The Balaban J connectivity index is 1.82. The van der Waals surface area contributed by atoms with E-state index in [4.69, 9.17) is 23.7 Å². The summed E-state index contributed by atoms with van der Waals surface area (Å²) in [6, 6.07) is 0. The quantitative estimate of drug-likeness (QED) is 0.0955. The first-order valence-corrected chi connectivity index (χ1v) is 17.2. The summed E-state index contributed by atoms with van der Waals surface area (Å²) in [7, 11) is 1.68. The maximum Gasteiger partial charge on any atom is 0.410 e. The van der Waals surface area contributed by atoms with Crippen molar-refractivity contribution in [2.45, 2.75) is 135 Å². The van der Waals surface area contributed by atoms with Gasteiger partial charge in [0.15, 0.2) is 0 Å². The van der Waals surface area contributed by atoms with Crippen molar-refractivity contribution in [2.24, 2.45) is 17.8 Å². The molecule has 0 aromatic heterocycles. The molecule has 0 saturated carbocycles. The van der Waals surface area contributed by atoms with Gasteiger partial charge in [0.05, 0.1) is 30.8 Å². The molecule has 48 heavy (non-hydrogen) atoms. The summed E-state index contributed by atoms with van der Waals surface area (Å²) in [5, 5.41) is 31.5. The van der Waals surface area contributed by atoms with Crippen LogP contribution in [-0.4, -0.2) is 113 Å². The molecule has 12 heteroatoms. The molecule has 11 unspecified atom stereocenters. The van der Waals surface area contributed by atoms with Crippen LogP contribution in [-0.2, 0) is 33.3 Å². The molecule has 272 valence electrons. The predicted molar refractivity (Wildman–Crippen MR) is 178 cm³/mol. The van der Waals surface area contributed by atoms with Gasteiger partial charge < -0.3 is 43.9 Å². The minimum Gasteiger partial charge on any atom is -0.457 e. The zero-order valence-corrected chi connectivity index (χ0v) is 29.7. The molecule has 2 fully saturated rings. The Kier molecular flexibility index (Phi) is 14.7. The number of ether oxygens (including phenoxy) is 5. The topological polar surface area (TPSA) is 165 Å². The van der Waals surface area contributed by atoms with Crippen LogP contribution in [0.15, 0.2) is 36.0 Å². The second kappa shape index (κ2) is 17.8. The van der Waals surface area contributed by atoms with E-state index in [0.29, 0.717) is 18.5 Å². The Morgan fingerprint density at radius 1 is 1.15 bits per heavy atom. The van der Waals surface area contributed by atoms with Crippen LogP contribution in [0.2, 0.25) is 0 Å². The molecule has 12 atom stereocenters. The molecule has 3 N–H and O–H groups in total. The van der Waals surface area contributed by atoms with E-state index in [1.165, 1.54) is 18.7 Å². The van der Waals surface area contributed by atoms with E-state index in [2.05, 4.69) is 13.8 Å². The molecule has 0 radical (unpaired) electrons. The SMILES string of the molecule is CCC(OC)C(C)C1OC1C(OC(=O)N1CC[C@@H](O)C1)C(C)/C=C/C=C(\C)C1OC(=O)CC(O)CCC(C)(O)C(OC(C)=O)/C=C/C1C. The van der Waals surface area contributed by atoms with Crippen molar-refractivity contribution in [3.05, 3.63) is 36.0 Å². The summed E-state index contributed by atoms with van der Waals surface area (Å²) >= 11 is 0. The van der Waals surface area contributed by atoms with Crippen molar-refractivity contribution in [1.29, 1.82) is 0 Å². The van der Waals surface area contributed by atoms with Crippen molar-refractivity contribution < 1.29 is 53.4 Å². The van der Waals surface area contributed by atoms with Crippen molar-refractivity contribution in [3.63, 3.8) is 0 Å². The number of aliphatic hydroxyl groups is 3. The number of allylic oxidation sites excluding steroid dienone is 2. The van der Waals surface area contributed by atoms with Gasteiger partial charge in [-0.3, -0.25) is 9.59 Å². The standard InChI is InChI=1S/C36H57NO11/c1-9-28(44-8)24(5)33-34(47-33)32(48-35(42)37-18-16-27(40)20-37)22(3)12-10-11-21(2)31-23(4)13-14-29(45-25(6)38)36(7,43)17-15-26(39)19-30(41)46-31/h10-14,22-24,26-29,31-34,39-40,43H,9,15-20H2,1-8H3/b12-10+,14-13+,21-11+/t22?,23?,24?,26?,27-,28?,29?,31?,32?,33?,34?,36?/m1/s1. The normalized spacial score (nSPS) is 35.1.